The summed E-state index contributed by atoms with van der Waals surface area (Å²) in [6, 6.07) is 0. The summed E-state index contributed by atoms with van der Waals surface area (Å²) >= 11 is 6.12. The van der Waals surface area contributed by atoms with E-state index in [9.17, 15) is 14.4 Å². The second-order valence-corrected chi connectivity index (χ2v) is 6.39. The van der Waals surface area contributed by atoms with Gasteiger partial charge < -0.3 is 18.9 Å². The molecule has 11 nitrogen and oxygen atoms in total. The van der Waals surface area contributed by atoms with Crippen LogP contribution in [0.5, 0.6) is 0 Å². The summed E-state index contributed by atoms with van der Waals surface area (Å²) in [5, 5.41) is 0.153. The van der Waals surface area contributed by atoms with Crippen molar-refractivity contribution < 1.29 is 33.3 Å². The molecule has 1 fully saturated rings. The van der Waals surface area contributed by atoms with E-state index in [0.29, 0.717) is 17.0 Å². The monoisotopic (exact) mass is 412 g/mol. The number of halogens is 1. The molecule has 0 amide bonds. The Kier molecular flexibility index (Phi) is 5.75. The number of imidazole rings is 1. The Morgan fingerprint density at radius 3 is 2.57 bits per heavy atom. The van der Waals surface area contributed by atoms with E-state index in [1.165, 1.54) is 24.7 Å². The van der Waals surface area contributed by atoms with E-state index in [0.717, 1.165) is 0 Å². The predicted molar refractivity (Wildman–Crippen MR) is 92.1 cm³/mol. The molecule has 2 aromatic heterocycles. The van der Waals surface area contributed by atoms with Gasteiger partial charge in [0.05, 0.1) is 6.33 Å². The average molecular weight is 413 g/mol. The largest absolute Gasteiger partial charge is 0.465 e. The summed E-state index contributed by atoms with van der Waals surface area (Å²) in [6.07, 6.45) is -2.47. The highest BCUT2D eigenvalue weighted by Gasteiger charge is 2.50. The highest BCUT2D eigenvalue weighted by molar-refractivity contribution is 6.33. The highest BCUT2D eigenvalue weighted by Crippen LogP contribution is 2.36. The minimum Gasteiger partial charge on any atom is -0.465 e. The van der Waals surface area contributed by atoms with Crippen molar-refractivity contribution in [3.8, 4) is 0 Å². The number of carbonyl (C=O) groups excluding carboxylic acids is 3. The maximum Gasteiger partial charge on any atom is 0.303 e. The van der Waals surface area contributed by atoms with Crippen LogP contribution in [0.2, 0.25) is 5.15 Å². The van der Waals surface area contributed by atoms with Gasteiger partial charge in [-0.3, -0.25) is 19.0 Å². The van der Waals surface area contributed by atoms with Gasteiger partial charge in [-0.05, 0) is 6.92 Å². The Labute approximate surface area is 163 Å². The quantitative estimate of drug-likeness (QED) is 0.289. The third kappa shape index (κ3) is 3.90. The van der Waals surface area contributed by atoms with Crippen molar-refractivity contribution in [1.82, 2.24) is 19.5 Å². The molecule has 0 radical (unpaired) electrons. The minimum absolute atomic E-state index is 0.153. The normalized spacial score (nSPS) is 24.1. The van der Waals surface area contributed by atoms with E-state index in [-0.39, 0.29) is 18.2 Å². The molecule has 0 aromatic carbocycles. The van der Waals surface area contributed by atoms with Gasteiger partial charge in [-0.1, -0.05) is 11.6 Å². The molecule has 3 rings (SSSR count). The number of hydrogen-bond acceptors (Lipinski definition) is 10. The zero-order chi connectivity index (χ0) is 20.4. The van der Waals surface area contributed by atoms with E-state index in [2.05, 4.69) is 15.0 Å². The van der Waals surface area contributed by atoms with Crippen LogP contribution in [0.4, 0.5) is 0 Å². The second kappa shape index (κ2) is 8.07. The van der Waals surface area contributed by atoms with Gasteiger partial charge in [0.2, 0.25) is 0 Å². The number of aryl methyl sites for hydroxylation is 1. The van der Waals surface area contributed by atoms with Gasteiger partial charge >= 0.3 is 11.9 Å². The molecule has 28 heavy (non-hydrogen) atoms. The smallest absolute Gasteiger partial charge is 0.303 e. The molecule has 0 saturated carbocycles. The van der Waals surface area contributed by atoms with Gasteiger partial charge in [0.15, 0.2) is 29.2 Å². The van der Waals surface area contributed by atoms with Crippen LogP contribution in [0.1, 0.15) is 25.9 Å². The molecule has 0 N–H and O–H groups in total. The standard InChI is InChI=1S/C16H17ClN4O7/c1-7-19-14(17)11-15(20-7)21(5-18-11)16-13(27-9(3)24)12(26-8(2)23)10(28-16)4-25-6-22/h5-6,10,12-13,16H,4H2,1-3H3/t10-,12-,13-,16?/m1/s1. The predicted octanol–water partition coefficient (Wildman–Crippen LogP) is 0.722. The molecule has 1 aliphatic heterocycles. The number of nitrogens with zero attached hydrogens (tertiary/aromatic N) is 4. The van der Waals surface area contributed by atoms with Gasteiger partial charge in [-0.15, -0.1) is 0 Å². The fourth-order valence-electron chi connectivity index (χ4n) is 3.02. The highest BCUT2D eigenvalue weighted by atomic mass is 35.5. The minimum atomic E-state index is -1.03. The Morgan fingerprint density at radius 2 is 1.93 bits per heavy atom. The van der Waals surface area contributed by atoms with Crippen LogP contribution in [0, 0.1) is 6.92 Å². The number of hydrogen-bond donors (Lipinski definition) is 0. The first-order valence-electron chi connectivity index (χ1n) is 8.23. The molecular formula is C16H17ClN4O7. The van der Waals surface area contributed by atoms with Gasteiger partial charge in [-0.25, -0.2) is 15.0 Å². The Balaban J connectivity index is 2.05. The van der Waals surface area contributed by atoms with Gasteiger partial charge in [0.1, 0.15) is 24.1 Å². The van der Waals surface area contributed by atoms with Crippen LogP contribution in [-0.4, -0.2) is 62.8 Å². The summed E-state index contributed by atoms with van der Waals surface area (Å²) < 4.78 is 22.8. The zero-order valence-corrected chi connectivity index (χ0v) is 16.0. The Hall–Kier alpha value is -2.79. The van der Waals surface area contributed by atoms with Crippen molar-refractivity contribution >= 4 is 41.2 Å². The topological polar surface area (TPSA) is 132 Å². The van der Waals surface area contributed by atoms with E-state index >= 15 is 0 Å². The summed E-state index contributed by atoms with van der Waals surface area (Å²) in [5.41, 5.74) is 0.673. The maximum absolute atomic E-state index is 11.7. The molecule has 0 bridgehead atoms. The molecule has 12 heteroatoms. The summed E-state index contributed by atoms with van der Waals surface area (Å²) in [7, 11) is 0. The maximum atomic E-state index is 11.7. The Bertz CT molecular complexity index is 918. The van der Waals surface area contributed by atoms with Crippen LogP contribution in [0.25, 0.3) is 11.2 Å². The van der Waals surface area contributed by atoms with Crippen molar-refractivity contribution in [2.75, 3.05) is 6.61 Å². The molecule has 1 aliphatic rings. The number of rotatable bonds is 6. The van der Waals surface area contributed by atoms with Gasteiger partial charge in [-0.2, -0.15) is 0 Å². The van der Waals surface area contributed by atoms with E-state index in [4.69, 9.17) is 30.5 Å². The summed E-state index contributed by atoms with van der Waals surface area (Å²) in [5.74, 6) is -0.821. The lowest BCUT2D eigenvalue weighted by atomic mass is 10.1. The van der Waals surface area contributed by atoms with Crippen molar-refractivity contribution in [3.63, 3.8) is 0 Å². The molecule has 0 spiro atoms. The van der Waals surface area contributed by atoms with Crippen molar-refractivity contribution in [2.45, 2.75) is 45.3 Å². The number of aromatic nitrogens is 4. The second-order valence-electron chi connectivity index (χ2n) is 6.03. The lowest BCUT2D eigenvalue weighted by Crippen LogP contribution is -2.40. The molecule has 150 valence electrons. The van der Waals surface area contributed by atoms with E-state index in [1.54, 1.807) is 6.92 Å². The Morgan fingerprint density at radius 1 is 1.25 bits per heavy atom. The number of esters is 2. The summed E-state index contributed by atoms with van der Waals surface area (Å²) in [4.78, 5) is 46.4. The molecule has 1 saturated heterocycles. The molecule has 1 unspecified atom stereocenters. The molecule has 3 heterocycles. The van der Waals surface area contributed by atoms with Gasteiger partial charge in [0.25, 0.3) is 6.47 Å². The number of ether oxygens (including phenoxy) is 4. The van der Waals surface area contributed by atoms with Crippen molar-refractivity contribution in [3.05, 3.63) is 17.3 Å². The molecule has 0 aliphatic carbocycles. The first-order chi connectivity index (χ1) is 13.3. The summed E-state index contributed by atoms with van der Waals surface area (Å²) in [6.45, 7) is 4.11. The van der Waals surface area contributed by atoms with Crippen LogP contribution in [-0.2, 0) is 33.3 Å². The third-order valence-electron chi connectivity index (χ3n) is 3.98. The lowest BCUT2D eigenvalue weighted by molar-refractivity contribution is -0.166. The lowest BCUT2D eigenvalue weighted by Gasteiger charge is -2.23. The van der Waals surface area contributed by atoms with Crippen LogP contribution in [0.3, 0.4) is 0 Å². The zero-order valence-electron chi connectivity index (χ0n) is 15.2. The number of carbonyl (C=O) groups is 3. The van der Waals surface area contributed by atoms with Crippen LogP contribution in [0.15, 0.2) is 6.33 Å². The van der Waals surface area contributed by atoms with E-state index < -0.39 is 36.5 Å². The molecule has 2 aromatic rings. The number of fused-ring (bicyclic) bond motifs is 1. The van der Waals surface area contributed by atoms with Crippen LogP contribution < -0.4 is 0 Å². The molecule has 4 atom stereocenters. The van der Waals surface area contributed by atoms with Gasteiger partial charge in [0, 0.05) is 13.8 Å². The first-order valence-corrected chi connectivity index (χ1v) is 8.61. The SMILES string of the molecule is CC(=O)O[C@@H]1[C@@H](COC=O)OC(n2cnc3c(Cl)nc(C)nc32)[C@@H]1OC(C)=O. The molecular weight excluding hydrogens is 396 g/mol. The van der Waals surface area contributed by atoms with Crippen LogP contribution >= 0.6 is 11.6 Å². The average Bonchev–Trinajstić information content (AvgIpc) is 3.15. The fraction of sp³-hybridized carbons (Fsp3) is 0.500. The van der Waals surface area contributed by atoms with E-state index in [1.807, 2.05) is 0 Å². The third-order valence-corrected chi connectivity index (χ3v) is 4.25. The first kappa shape index (κ1) is 20.0. The fourth-order valence-corrected chi connectivity index (χ4v) is 3.28. The van der Waals surface area contributed by atoms with Crippen molar-refractivity contribution in [1.29, 1.82) is 0 Å². The van der Waals surface area contributed by atoms with Crippen molar-refractivity contribution in [2.24, 2.45) is 0 Å².